The van der Waals surface area contributed by atoms with E-state index in [9.17, 15) is 9.59 Å². The molecule has 0 saturated carbocycles. The molecule has 0 aliphatic heterocycles. The number of nitrogens with zero attached hydrogens (tertiary/aromatic N) is 1. The predicted octanol–water partition coefficient (Wildman–Crippen LogP) is 3.37. The molecule has 7 heteroatoms. The maximum absolute atomic E-state index is 11.9. The number of thiazole rings is 1. The van der Waals surface area contributed by atoms with Crippen LogP contribution in [0.4, 0.5) is 0 Å². The summed E-state index contributed by atoms with van der Waals surface area (Å²) in [6, 6.07) is 3.49. The van der Waals surface area contributed by atoms with Crippen molar-refractivity contribution < 1.29 is 19.4 Å². The molecular weight excluding hydrogens is 314 g/mol. The molecule has 1 heterocycles. The van der Waals surface area contributed by atoms with Crippen LogP contribution >= 0.6 is 22.9 Å². The molecule has 0 bridgehead atoms. The molecule has 1 aromatic heterocycles. The monoisotopic (exact) mass is 325 g/mol. The lowest BCUT2D eigenvalue weighted by atomic mass is 10.1. The summed E-state index contributed by atoms with van der Waals surface area (Å²) >= 11 is 7.04. The van der Waals surface area contributed by atoms with Gasteiger partial charge in [0.25, 0.3) is 0 Å². The zero-order valence-electron chi connectivity index (χ0n) is 11.3. The number of hydrogen-bond donors (Lipinski definition) is 1. The van der Waals surface area contributed by atoms with Gasteiger partial charge in [-0.1, -0.05) is 11.6 Å². The van der Waals surface area contributed by atoms with E-state index < -0.39 is 5.97 Å². The molecular formula is C14H12ClNO4S. The standard InChI is InChI=1S/C14H12ClNO4S/c1-7-3-9(4-8(2)12(7)15)20-5-11(17)13-16-10(6-21-13)14(18)19/h3-4,6H,5H2,1-2H3,(H,18,19). The molecule has 0 saturated heterocycles. The highest BCUT2D eigenvalue weighted by Gasteiger charge is 2.15. The molecule has 110 valence electrons. The highest BCUT2D eigenvalue weighted by atomic mass is 35.5. The normalized spacial score (nSPS) is 10.4. The van der Waals surface area contributed by atoms with Crippen LogP contribution in [0.1, 0.15) is 31.4 Å². The summed E-state index contributed by atoms with van der Waals surface area (Å²) in [6.45, 7) is 3.50. The Morgan fingerprint density at radius 3 is 2.48 bits per heavy atom. The van der Waals surface area contributed by atoms with E-state index in [-0.39, 0.29) is 23.1 Å². The average Bonchev–Trinajstić information content (AvgIpc) is 2.92. The van der Waals surface area contributed by atoms with Crippen LogP contribution in [0, 0.1) is 13.8 Å². The van der Waals surface area contributed by atoms with Gasteiger partial charge in [0.15, 0.2) is 17.3 Å². The molecule has 1 N–H and O–H groups in total. The lowest BCUT2D eigenvalue weighted by molar-refractivity contribution is 0.0691. The number of ether oxygens (including phenoxy) is 1. The minimum Gasteiger partial charge on any atom is -0.485 e. The van der Waals surface area contributed by atoms with E-state index >= 15 is 0 Å². The number of Topliss-reactive ketones (excluding diaryl/α,β-unsaturated/α-hetero) is 1. The highest BCUT2D eigenvalue weighted by molar-refractivity contribution is 7.12. The number of benzene rings is 1. The van der Waals surface area contributed by atoms with Gasteiger partial charge in [-0.3, -0.25) is 4.79 Å². The van der Waals surface area contributed by atoms with E-state index in [0.717, 1.165) is 22.5 Å². The molecule has 0 aliphatic rings. The van der Waals surface area contributed by atoms with E-state index in [2.05, 4.69) is 4.98 Å². The van der Waals surface area contributed by atoms with Gasteiger partial charge >= 0.3 is 5.97 Å². The molecule has 5 nitrogen and oxygen atoms in total. The van der Waals surface area contributed by atoms with Gasteiger partial charge in [-0.25, -0.2) is 9.78 Å². The number of rotatable bonds is 5. The van der Waals surface area contributed by atoms with Gasteiger partial charge in [-0.2, -0.15) is 0 Å². The summed E-state index contributed by atoms with van der Waals surface area (Å²) in [6.07, 6.45) is 0. The Labute approximate surface area is 130 Å². The zero-order valence-corrected chi connectivity index (χ0v) is 12.9. The minimum atomic E-state index is -1.16. The number of ketones is 1. The van der Waals surface area contributed by atoms with Gasteiger partial charge in [-0.15, -0.1) is 11.3 Å². The van der Waals surface area contributed by atoms with Crippen molar-refractivity contribution in [3.63, 3.8) is 0 Å². The van der Waals surface area contributed by atoms with Gasteiger partial charge < -0.3 is 9.84 Å². The Morgan fingerprint density at radius 1 is 1.33 bits per heavy atom. The first kappa shape index (κ1) is 15.5. The van der Waals surface area contributed by atoms with Crippen molar-refractivity contribution in [2.75, 3.05) is 6.61 Å². The van der Waals surface area contributed by atoms with Crippen LogP contribution in [0.25, 0.3) is 0 Å². The average molecular weight is 326 g/mol. The third-order valence-corrected chi connectivity index (χ3v) is 4.22. The minimum absolute atomic E-state index is 0.120. The van der Waals surface area contributed by atoms with Crippen LogP contribution in [-0.4, -0.2) is 28.4 Å². The predicted molar refractivity (Wildman–Crippen MR) is 79.8 cm³/mol. The smallest absolute Gasteiger partial charge is 0.355 e. The van der Waals surface area contributed by atoms with Gasteiger partial charge in [0, 0.05) is 10.4 Å². The SMILES string of the molecule is Cc1cc(OCC(=O)c2nc(C(=O)O)cs2)cc(C)c1Cl. The number of aryl methyl sites for hydroxylation is 2. The van der Waals surface area contributed by atoms with Gasteiger partial charge in [0.1, 0.15) is 5.75 Å². The third-order valence-electron chi connectivity index (χ3n) is 2.74. The first-order valence-electron chi connectivity index (χ1n) is 6.00. The number of hydrogen-bond acceptors (Lipinski definition) is 5. The van der Waals surface area contributed by atoms with E-state index in [0.29, 0.717) is 10.8 Å². The fraction of sp³-hybridized carbons (Fsp3) is 0.214. The molecule has 21 heavy (non-hydrogen) atoms. The Balaban J connectivity index is 2.05. The van der Waals surface area contributed by atoms with Crippen molar-refractivity contribution in [3.8, 4) is 5.75 Å². The number of carboxylic acids is 1. The first-order valence-corrected chi connectivity index (χ1v) is 7.26. The summed E-state index contributed by atoms with van der Waals surface area (Å²) in [4.78, 5) is 26.3. The third kappa shape index (κ3) is 3.59. The summed E-state index contributed by atoms with van der Waals surface area (Å²) in [5.74, 6) is -0.981. The largest absolute Gasteiger partial charge is 0.485 e. The van der Waals surface area contributed by atoms with E-state index in [1.54, 1.807) is 12.1 Å². The number of aromatic nitrogens is 1. The summed E-state index contributed by atoms with van der Waals surface area (Å²) in [5.41, 5.74) is 1.59. The Bertz CT molecular complexity index is 688. The summed E-state index contributed by atoms with van der Waals surface area (Å²) < 4.78 is 5.42. The zero-order chi connectivity index (χ0) is 15.6. The van der Waals surface area contributed by atoms with Crippen LogP contribution < -0.4 is 4.74 Å². The van der Waals surface area contributed by atoms with Crippen LogP contribution in [-0.2, 0) is 0 Å². The highest BCUT2D eigenvalue weighted by Crippen LogP contribution is 2.26. The van der Waals surface area contributed by atoms with Crippen molar-refractivity contribution in [1.82, 2.24) is 4.98 Å². The summed E-state index contributed by atoms with van der Waals surface area (Å²) in [5, 5.41) is 10.9. The number of carboxylic acid groups (broad SMARTS) is 1. The molecule has 0 aliphatic carbocycles. The summed E-state index contributed by atoms with van der Waals surface area (Å²) in [7, 11) is 0. The molecule has 0 unspecified atom stereocenters. The topological polar surface area (TPSA) is 76.5 Å². The number of carbonyl (C=O) groups is 2. The van der Waals surface area contributed by atoms with Gasteiger partial charge in [0.05, 0.1) is 0 Å². The molecule has 2 rings (SSSR count). The van der Waals surface area contributed by atoms with Crippen LogP contribution in [0.3, 0.4) is 0 Å². The van der Waals surface area contributed by atoms with Crippen LogP contribution in [0.15, 0.2) is 17.5 Å². The molecule has 2 aromatic rings. The fourth-order valence-electron chi connectivity index (χ4n) is 1.70. The van der Waals surface area contributed by atoms with Gasteiger partial charge in [-0.05, 0) is 37.1 Å². The molecule has 0 fully saturated rings. The second kappa shape index (κ2) is 6.24. The maximum atomic E-state index is 11.9. The van der Waals surface area contributed by atoms with Gasteiger partial charge in [0.2, 0.25) is 5.78 Å². The number of halogens is 1. The van der Waals surface area contributed by atoms with Crippen molar-refractivity contribution in [2.24, 2.45) is 0 Å². The second-order valence-corrected chi connectivity index (χ2v) is 5.66. The number of aromatic carboxylic acids is 1. The maximum Gasteiger partial charge on any atom is 0.355 e. The Hall–Kier alpha value is -1.92. The van der Waals surface area contributed by atoms with E-state index in [4.69, 9.17) is 21.4 Å². The van der Waals surface area contributed by atoms with Crippen LogP contribution in [0.2, 0.25) is 5.02 Å². The van der Waals surface area contributed by atoms with Crippen molar-refractivity contribution >= 4 is 34.7 Å². The Morgan fingerprint density at radius 2 is 1.95 bits per heavy atom. The lowest BCUT2D eigenvalue weighted by Gasteiger charge is -2.08. The van der Waals surface area contributed by atoms with Crippen molar-refractivity contribution in [1.29, 1.82) is 0 Å². The lowest BCUT2D eigenvalue weighted by Crippen LogP contribution is -2.12. The van der Waals surface area contributed by atoms with Crippen molar-refractivity contribution in [2.45, 2.75) is 13.8 Å². The molecule has 0 atom stereocenters. The molecule has 0 amide bonds. The first-order chi connectivity index (χ1) is 9.88. The fourth-order valence-corrected chi connectivity index (χ4v) is 2.53. The quantitative estimate of drug-likeness (QED) is 0.853. The second-order valence-electron chi connectivity index (χ2n) is 4.43. The van der Waals surface area contributed by atoms with Crippen LogP contribution in [0.5, 0.6) is 5.75 Å². The molecule has 1 aromatic carbocycles. The van der Waals surface area contributed by atoms with E-state index in [1.807, 2.05) is 13.8 Å². The van der Waals surface area contributed by atoms with E-state index in [1.165, 1.54) is 5.38 Å². The molecule has 0 spiro atoms. The van der Waals surface area contributed by atoms with Crippen molar-refractivity contribution in [3.05, 3.63) is 44.4 Å². The molecule has 0 radical (unpaired) electrons. The Kier molecular flexibility index (Phi) is 4.59. The number of carbonyl (C=O) groups excluding carboxylic acids is 1.